The highest BCUT2D eigenvalue weighted by molar-refractivity contribution is 5.96. The lowest BCUT2D eigenvalue weighted by Gasteiger charge is -2.29. The van der Waals surface area contributed by atoms with Gasteiger partial charge in [-0.1, -0.05) is 66.7 Å². The van der Waals surface area contributed by atoms with Gasteiger partial charge in [0.2, 0.25) is 0 Å². The van der Waals surface area contributed by atoms with Crippen molar-refractivity contribution in [1.29, 1.82) is 0 Å². The van der Waals surface area contributed by atoms with Crippen molar-refractivity contribution in [2.24, 2.45) is 0 Å². The topological polar surface area (TPSA) is 39.7 Å². The summed E-state index contributed by atoms with van der Waals surface area (Å²) in [6.45, 7) is 5.00. The summed E-state index contributed by atoms with van der Waals surface area (Å²) in [7, 11) is 2.07. The number of hydrogen-bond donors (Lipinski definition) is 0. The number of hydrogen-bond acceptors (Lipinski definition) is 4. The number of nitrogens with zero attached hydrogens (tertiary/aromatic N) is 4. The van der Waals surface area contributed by atoms with Crippen LogP contribution in [-0.2, 0) is 6.42 Å². The third kappa shape index (κ3) is 6.66. The third-order valence-electron chi connectivity index (χ3n) is 7.60. The van der Waals surface area contributed by atoms with E-state index in [9.17, 15) is 4.79 Å². The van der Waals surface area contributed by atoms with E-state index in [2.05, 4.69) is 64.2 Å². The highest BCUT2D eigenvalue weighted by atomic mass is 16.2. The predicted octanol–water partition coefficient (Wildman–Crippen LogP) is 5.63. The van der Waals surface area contributed by atoms with Crippen molar-refractivity contribution < 1.29 is 4.79 Å². The van der Waals surface area contributed by atoms with Gasteiger partial charge in [-0.25, -0.2) is 4.98 Å². The second-order valence-corrected chi connectivity index (χ2v) is 10.3. The number of aromatic nitrogens is 1. The van der Waals surface area contributed by atoms with Gasteiger partial charge in [-0.15, -0.1) is 0 Å². The van der Waals surface area contributed by atoms with Crippen LogP contribution in [0.1, 0.15) is 52.9 Å². The summed E-state index contributed by atoms with van der Waals surface area (Å²) in [6.07, 6.45) is 9.75. The van der Waals surface area contributed by atoms with Crippen molar-refractivity contribution in [3.8, 4) is 0 Å². The monoisotopic (exact) mass is 494 g/mol. The maximum Gasteiger partial charge on any atom is 0.254 e. The zero-order valence-electron chi connectivity index (χ0n) is 21.9. The van der Waals surface area contributed by atoms with Crippen LogP contribution in [0.15, 0.2) is 72.8 Å². The number of pyridine rings is 1. The van der Waals surface area contributed by atoms with Crippen LogP contribution in [0.4, 0.5) is 5.82 Å². The zero-order chi connectivity index (χ0) is 25.5. The van der Waals surface area contributed by atoms with Crippen LogP contribution in [0.2, 0.25) is 0 Å². The van der Waals surface area contributed by atoms with E-state index in [1.165, 1.54) is 31.5 Å². The molecule has 0 N–H and O–H groups in total. The minimum Gasteiger partial charge on any atom is -0.359 e. The number of rotatable bonds is 9. The highest BCUT2D eigenvalue weighted by Crippen LogP contribution is 2.25. The molecule has 0 saturated carbocycles. The lowest BCUT2D eigenvalue weighted by atomic mass is 10.1. The van der Waals surface area contributed by atoms with Crippen molar-refractivity contribution in [3.63, 3.8) is 0 Å². The Morgan fingerprint density at radius 1 is 0.946 bits per heavy atom. The fourth-order valence-electron chi connectivity index (χ4n) is 5.47. The van der Waals surface area contributed by atoms with E-state index >= 15 is 0 Å². The lowest BCUT2D eigenvalue weighted by molar-refractivity contribution is 0.0708. The molecule has 5 heteroatoms. The molecule has 1 atom stereocenters. The van der Waals surface area contributed by atoms with E-state index in [1.54, 1.807) is 0 Å². The molecule has 1 aromatic heterocycles. The fraction of sp³-hybridized carbons (Fsp3) is 0.375. The molecule has 3 heterocycles. The SMILES string of the molecule is CN(CCc1ccccc1)c1cc(C(=O)N2CCC[C@H]2CN2CCCC2)cc(/C=C/c2ccccc2)n1. The van der Waals surface area contributed by atoms with E-state index in [0.717, 1.165) is 61.5 Å². The number of carbonyl (C=O) groups excluding carboxylic acids is 1. The Morgan fingerprint density at radius 2 is 1.68 bits per heavy atom. The summed E-state index contributed by atoms with van der Waals surface area (Å²) in [5.74, 6) is 0.973. The smallest absolute Gasteiger partial charge is 0.254 e. The quantitative estimate of drug-likeness (QED) is 0.386. The summed E-state index contributed by atoms with van der Waals surface area (Å²) < 4.78 is 0. The van der Waals surface area contributed by atoms with Gasteiger partial charge < -0.3 is 14.7 Å². The first kappa shape index (κ1) is 25.2. The van der Waals surface area contributed by atoms with E-state index < -0.39 is 0 Å². The standard InChI is InChI=1S/C32H38N4O/c1-34(22-18-27-13-6-3-7-14-27)31-24-28(23-29(33-31)17-16-26-11-4-2-5-12-26)32(37)36-21-10-15-30(36)25-35-19-8-9-20-35/h2-7,11-14,16-17,23-24,30H,8-10,15,18-22,25H2,1H3/b17-16+/t30-/m0/s1. The first-order valence-corrected chi connectivity index (χ1v) is 13.7. The number of amides is 1. The summed E-state index contributed by atoms with van der Waals surface area (Å²) in [4.78, 5) is 25.6. The number of carbonyl (C=O) groups is 1. The van der Waals surface area contributed by atoms with Gasteiger partial charge in [-0.05, 0) is 74.5 Å². The molecule has 2 aromatic carbocycles. The lowest BCUT2D eigenvalue weighted by Crippen LogP contribution is -2.42. The Balaban J connectivity index is 1.38. The first-order chi connectivity index (χ1) is 18.2. The van der Waals surface area contributed by atoms with Crippen molar-refractivity contribution in [1.82, 2.24) is 14.8 Å². The van der Waals surface area contributed by atoms with Gasteiger partial charge in [0, 0.05) is 38.3 Å². The van der Waals surface area contributed by atoms with Crippen molar-refractivity contribution in [2.45, 2.75) is 38.1 Å². The first-order valence-electron chi connectivity index (χ1n) is 13.7. The van der Waals surface area contributed by atoms with Crippen LogP contribution in [0.5, 0.6) is 0 Å². The molecule has 0 radical (unpaired) electrons. The van der Waals surface area contributed by atoms with E-state index in [4.69, 9.17) is 4.98 Å². The molecule has 2 aliphatic rings. The van der Waals surface area contributed by atoms with E-state index in [0.29, 0.717) is 6.04 Å². The molecule has 2 aliphatic heterocycles. The van der Waals surface area contributed by atoms with Gasteiger partial charge in [0.15, 0.2) is 0 Å². The van der Waals surface area contributed by atoms with Crippen LogP contribution in [0.3, 0.4) is 0 Å². The van der Waals surface area contributed by atoms with Gasteiger partial charge in [0.05, 0.1) is 5.69 Å². The Kier molecular flexibility index (Phi) is 8.32. The molecule has 37 heavy (non-hydrogen) atoms. The van der Waals surface area contributed by atoms with Crippen molar-refractivity contribution in [3.05, 3.63) is 95.2 Å². The molecule has 0 aliphatic carbocycles. The zero-order valence-corrected chi connectivity index (χ0v) is 21.9. The minimum absolute atomic E-state index is 0.135. The van der Waals surface area contributed by atoms with Crippen LogP contribution in [0.25, 0.3) is 12.2 Å². The number of likely N-dealkylation sites (tertiary alicyclic amines) is 2. The van der Waals surface area contributed by atoms with Gasteiger partial charge in [-0.2, -0.15) is 0 Å². The second-order valence-electron chi connectivity index (χ2n) is 10.3. The number of likely N-dealkylation sites (N-methyl/N-ethyl adjacent to an activating group) is 1. The van der Waals surface area contributed by atoms with Crippen molar-refractivity contribution >= 4 is 23.9 Å². The molecule has 0 spiro atoms. The van der Waals surface area contributed by atoms with Crippen LogP contribution < -0.4 is 4.90 Å². The maximum atomic E-state index is 13.8. The van der Waals surface area contributed by atoms with Crippen molar-refractivity contribution in [2.75, 3.05) is 44.7 Å². The largest absolute Gasteiger partial charge is 0.359 e. The molecule has 0 unspecified atom stereocenters. The van der Waals surface area contributed by atoms with Crippen LogP contribution in [-0.4, -0.2) is 66.5 Å². The van der Waals surface area contributed by atoms with Gasteiger partial charge in [0.1, 0.15) is 5.82 Å². The predicted molar refractivity (Wildman–Crippen MR) is 153 cm³/mol. The molecule has 0 bridgehead atoms. The molecule has 2 saturated heterocycles. The summed E-state index contributed by atoms with van der Waals surface area (Å²) in [6, 6.07) is 25.0. The fourth-order valence-corrected chi connectivity index (χ4v) is 5.47. The number of benzene rings is 2. The van der Waals surface area contributed by atoms with Gasteiger partial charge >= 0.3 is 0 Å². The Hall–Kier alpha value is -3.44. The molecule has 1 amide bonds. The average Bonchev–Trinajstić information content (AvgIpc) is 3.64. The Bertz CT molecular complexity index is 1190. The molecule has 2 fully saturated rings. The average molecular weight is 495 g/mol. The van der Waals surface area contributed by atoms with Gasteiger partial charge in [0.25, 0.3) is 5.91 Å². The van der Waals surface area contributed by atoms with E-state index in [-0.39, 0.29) is 5.91 Å². The third-order valence-corrected chi connectivity index (χ3v) is 7.60. The van der Waals surface area contributed by atoms with Crippen LogP contribution >= 0.6 is 0 Å². The second kappa shape index (κ2) is 12.2. The Morgan fingerprint density at radius 3 is 2.43 bits per heavy atom. The van der Waals surface area contributed by atoms with Gasteiger partial charge in [-0.3, -0.25) is 4.79 Å². The normalized spacial score (nSPS) is 18.1. The van der Waals surface area contributed by atoms with E-state index in [1.807, 2.05) is 42.5 Å². The molecule has 5 rings (SSSR count). The maximum absolute atomic E-state index is 13.8. The van der Waals surface area contributed by atoms with Crippen LogP contribution in [0, 0.1) is 0 Å². The molecule has 3 aromatic rings. The molecular weight excluding hydrogens is 456 g/mol. The molecular formula is C32H38N4O. The molecule has 5 nitrogen and oxygen atoms in total. The number of anilines is 1. The summed E-state index contributed by atoms with van der Waals surface area (Å²) in [5.41, 5.74) is 3.96. The molecule has 192 valence electrons. The summed E-state index contributed by atoms with van der Waals surface area (Å²) in [5, 5.41) is 0. The Labute approximate surface area is 221 Å². The summed E-state index contributed by atoms with van der Waals surface area (Å²) >= 11 is 0. The minimum atomic E-state index is 0.135. The highest BCUT2D eigenvalue weighted by Gasteiger charge is 2.31.